The van der Waals surface area contributed by atoms with Crippen molar-refractivity contribution in [1.82, 2.24) is 9.97 Å². The van der Waals surface area contributed by atoms with Crippen LogP contribution in [0.1, 0.15) is 21.6 Å². The Hall–Kier alpha value is -2.74. The lowest BCUT2D eigenvalue weighted by Gasteiger charge is -2.05. The van der Waals surface area contributed by atoms with Crippen LogP contribution in [0.4, 0.5) is 5.82 Å². The van der Waals surface area contributed by atoms with Crippen molar-refractivity contribution in [2.45, 2.75) is 6.92 Å². The third-order valence-electron chi connectivity index (χ3n) is 2.36. The van der Waals surface area contributed by atoms with Crippen LogP contribution in [-0.2, 0) is 0 Å². The third kappa shape index (κ3) is 2.50. The molecule has 0 unspecified atom stereocenters. The number of nitrogens with zero attached hydrogens (tertiary/aromatic N) is 3. The zero-order valence-electron chi connectivity index (χ0n) is 9.71. The number of nitriles is 1. The molecule has 0 aliphatic heterocycles. The first-order chi connectivity index (χ1) is 8.70. The van der Waals surface area contributed by atoms with E-state index >= 15 is 0 Å². The summed E-state index contributed by atoms with van der Waals surface area (Å²) in [5.41, 5.74) is 1.61. The van der Waals surface area contributed by atoms with E-state index < -0.39 is 0 Å². The molecule has 0 aliphatic carbocycles. The van der Waals surface area contributed by atoms with Gasteiger partial charge in [0.05, 0.1) is 5.56 Å². The molecule has 0 aliphatic rings. The Bertz CT molecular complexity index is 614. The summed E-state index contributed by atoms with van der Waals surface area (Å²) in [7, 11) is 0. The van der Waals surface area contributed by atoms with Gasteiger partial charge in [-0.1, -0.05) is 6.07 Å². The molecule has 2 heterocycles. The highest BCUT2D eigenvalue weighted by Crippen LogP contribution is 2.08. The van der Waals surface area contributed by atoms with Crippen LogP contribution >= 0.6 is 0 Å². The van der Waals surface area contributed by atoms with Crippen LogP contribution in [0.5, 0.6) is 0 Å². The van der Waals surface area contributed by atoms with Crippen molar-refractivity contribution >= 4 is 11.7 Å². The van der Waals surface area contributed by atoms with Crippen LogP contribution in [0.15, 0.2) is 36.7 Å². The second kappa shape index (κ2) is 5.06. The quantitative estimate of drug-likeness (QED) is 0.866. The molecular formula is C13H10N4O. The van der Waals surface area contributed by atoms with E-state index in [-0.39, 0.29) is 5.91 Å². The first kappa shape index (κ1) is 11.7. The molecule has 0 bridgehead atoms. The standard InChI is InChI=1S/C13H10N4O/c1-9-3-2-6-15-12(9)13(18)17-11-5-4-10(7-14)8-16-11/h2-6,8H,1H3,(H,16,17,18). The highest BCUT2D eigenvalue weighted by atomic mass is 16.1. The number of amides is 1. The van der Waals surface area contributed by atoms with Crippen molar-refractivity contribution in [3.05, 3.63) is 53.5 Å². The molecule has 0 atom stereocenters. The molecule has 0 radical (unpaired) electrons. The van der Waals surface area contributed by atoms with Gasteiger partial charge < -0.3 is 5.32 Å². The molecule has 1 N–H and O–H groups in total. The number of anilines is 1. The zero-order chi connectivity index (χ0) is 13.0. The van der Waals surface area contributed by atoms with E-state index in [0.717, 1.165) is 5.56 Å². The van der Waals surface area contributed by atoms with Crippen LogP contribution in [0.25, 0.3) is 0 Å². The van der Waals surface area contributed by atoms with Gasteiger partial charge in [-0.2, -0.15) is 5.26 Å². The van der Waals surface area contributed by atoms with Gasteiger partial charge in [0, 0.05) is 12.4 Å². The first-order valence-corrected chi connectivity index (χ1v) is 5.30. The molecule has 88 valence electrons. The molecule has 0 fully saturated rings. The Morgan fingerprint density at radius 2 is 2.17 bits per heavy atom. The molecule has 5 nitrogen and oxygen atoms in total. The van der Waals surface area contributed by atoms with Crippen molar-refractivity contribution in [3.63, 3.8) is 0 Å². The minimum Gasteiger partial charge on any atom is -0.305 e. The number of carbonyl (C=O) groups is 1. The maximum atomic E-state index is 11.9. The van der Waals surface area contributed by atoms with Crippen LogP contribution in [-0.4, -0.2) is 15.9 Å². The fourth-order valence-corrected chi connectivity index (χ4v) is 1.43. The van der Waals surface area contributed by atoms with Crippen molar-refractivity contribution in [3.8, 4) is 6.07 Å². The van der Waals surface area contributed by atoms with Crippen LogP contribution < -0.4 is 5.32 Å². The fourth-order valence-electron chi connectivity index (χ4n) is 1.43. The highest BCUT2D eigenvalue weighted by molar-refractivity contribution is 6.03. The Morgan fingerprint density at radius 3 is 2.78 bits per heavy atom. The van der Waals surface area contributed by atoms with Gasteiger partial charge in [0.1, 0.15) is 17.6 Å². The predicted octanol–water partition coefficient (Wildman–Crippen LogP) is 1.91. The number of hydrogen-bond acceptors (Lipinski definition) is 4. The van der Waals surface area contributed by atoms with Crippen molar-refractivity contribution in [1.29, 1.82) is 5.26 Å². The lowest BCUT2D eigenvalue weighted by atomic mass is 10.2. The number of pyridine rings is 2. The summed E-state index contributed by atoms with van der Waals surface area (Å²) in [5.74, 6) is 0.0781. The van der Waals surface area contributed by atoms with Crippen LogP contribution in [0.2, 0.25) is 0 Å². The zero-order valence-corrected chi connectivity index (χ0v) is 9.71. The number of aryl methyl sites for hydroxylation is 1. The van der Waals surface area contributed by atoms with E-state index in [1.54, 1.807) is 24.4 Å². The molecule has 2 aromatic rings. The number of rotatable bonds is 2. The highest BCUT2D eigenvalue weighted by Gasteiger charge is 2.10. The number of carbonyl (C=O) groups excluding carboxylic acids is 1. The maximum absolute atomic E-state index is 11.9. The topological polar surface area (TPSA) is 78.7 Å². The summed E-state index contributed by atoms with van der Waals surface area (Å²) in [5, 5.41) is 11.3. The Morgan fingerprint density at radius 1 is 1.33 bits per heavy atom. The van der Waals surface area contributed by atoms with E-state index in [4.69, 9.17) is 5.26 Å². The lowest BCUT2D eigenvalue weighted by molar-refractivity contribution is 0.102. The average molecular weight is 238 g/mol. The minimum absolute atomic E-state index is 0.315. The van der Waals surface area contributed by atoms with Gasteiger partial charge in [0.15, 0.2) is 0 Å². The van der Waals surface area contributed by atoms with E-state index in [9.17, 15) is 4.79 Å². The van der Waals surface area contributed by atoms with Gasteiger partial charge in [-0.05, 0) is 30.7 Å². The molecule has 2 aromatic heterocycles. The lowest BCUT2D eigenvalue weighted by Crippen LogP contribution is -2.15. The Balaban J connectivity index is 2.17. The summed E-state index contributed by atoms with van der Waals surface area (Å²) < 4.78 is 0. The number of hydrogen-bond donors (Lipinski definition) is 1. The van der Waals surface area contributed by atoms with Crippen molar-refractivity contribution in [2.24, 2.45) is 0 Å². The molecular weight excluding hydrogens is 228 g/mol. The van der Waals surface area contributed by atoms with E-state index in [2.05, 4.69) is 15.3 Å². The second-order valence-electron chi connectivity index (χ2n) is 3.67. The Kier molecular flexibility index (Phi) is 3.30. The normalized spacial score (nSPS) is 9.56. The SMILES string of the molecule is Cc1cccnc1C(=O)Nc1ccc(C#N)cn1. The molecule has 0 spiro atoms. The molecule has 0 saturated carbocycles. The third-order valence-corrected chi connectivity index (χ3v) is 2.36. The van der Waals surface area contributed by atoms with Gasteiger partial charge in [-0.3, -0.25) is 9.78 Å². The molecule has 0 saturated heterocycles. The van der Waals surface area contributed by atoms with Crippen molar-refractivity contribution in [2.75, 3.05) is 5.32 Å². The van der Waals surface area contributed by atoms with E-state index in [1.165, 1.54) is 6.20 Å². The number of nitrogens with one attached hydrogen (secondary N) is 1. The summed E-state index contributed by atoms with van der Waals surface area (Å²) >= 11 is 0. The van der Waals surface area contributed by atoms with Crippen molar-refractivity contribution < 1.29 is 4.79 Å². The average Bonchev–Trinajstić information content (AvgIpc) is 2.40. The summed E-state index contributed by atoms with van der Waals surface area (Å²) in [4.78, 5) is 19.9. The fraction of sp³-hybridized carbons (Fsp3) is 0.0769. The van der Waals surface area contributed by atoms with E-state index in [1.807, 2.05) is 19.1 Å². The van der Waals surface area contributed by atoms with Crippen LogP contribution in [0.3, 0.4) is 0 Å². The maximum Gasteiger partial charge on any atom is 0.275 e. The first-order valence-electron chi connectivity index (χ1n) is 5.30. The molecule has 2 rings (SSSR count). The smallest absolute Gasteiger partial charge is 0.275 e. The monoisotopic (exact) mass is 238 g/mol. The summed E-state index contributed by atoms with van der Waals surface area (Å²) in [6, 6.07) is 8.71. The molecule has 0 aromatic carbocycles. The van der Waals surface area contributed by atoms with Gasteiger partial charge in [0.2, 0.25) is 0 Å². The predicted molar refractivity (Wildman–Crippen MR) is 65.9 cm³/mol. The number of aromatic nitrogens is 2. The van der Waals surface area contributed by atoms with E-state index in [0.29, 0.717) is 17.1 Å². The summed E-state index contributed by atoms with van der Waals surface area (Å²) in [6.45, 7) is 1.81. The Labute approximate surface area is 104 Å². The van der Waals surface area contributed by atoms with Gasteiger partial charge in [-0.25, -0.2) is 4.98 Å². The van der Waals surface area contributed by atoms with Gasteiger partial charge in [0.25, 0.3) is 5.91 Å². The molecule has 18 heavy (non-hydrogen) atoms. The largest absolute Gasteiger partial charge is 0.305 e. The van der Waals surface area contributed by atoms with Gasteiger partial charge in [-0.15, -0.1) is 0 Å². The van der Waals surface area contributed by atoms with Gasteiger partial charge >= 0.3 is 0 Å². The molecule has 5 heteroatoms. The second-order valence-corrected chi connectivity index (χ2v) is 3.67. The molecule has 1 amide bonds. The summed E-state index contributed by atoms with van der Waals surface area (Å²) in [6.07, 6.45) is 2.97. The minimum atomic E-state index is -0.315. The van der Waals surface area contributed by atoms with Crippen LogP contribution in [0, 0.1) is 18.3 Å².